The van der Waals surface area contributed by atoms with Crippen LogP contribution in [0, 0.1) is 5.92 Å². The number of carbonyl (C=O) groups excluding carboxylic acids is 2. The van der Waals surface area contributed by atoms with Gasteiger partial charge in [-0.3, -0.25) is 9.59 Å². The molecule has 0 aromatic heterocycles. The predicted molar refractivity (Wildman–Crippen MR) is 90.5 cm³/mol. The molecule has 9 heteroatoms. The van der Waals surface area contributed by atoms with Crippen molar-refractivity contribution < 1.29 is 32.2 Å². The van der Waals surface area contributed by atoms with Crippen LogP contribution in [0.25, 0.3) is 0 Å². The van der Waals surface area contributed by atoms with E-state index in [0.29, 0.717) is 23.6 Å². The molecule has 1 aliphatic heterocycles. The summed E-state index contributed by atoms with van der Waals surface area (Å²) in [7, 11) is -0.0634. The maximum atomic E-state index is 11.9. The average molecular weight is 371 g/mol. The Bertz CT molecular complexity index is 745. The quantitative estimate of drug-likeness (QED) is 0.713. The number of methoxy groups -OCH3 is 2. The molecule has 138 valence electrons. The van der Waals surface area contributed by atoms with Crippen molar-refractivity contribution in [1.29, 1.82) is 0 Å². The number of amides is 1. The summed E-state index contributed by atoms with van der Waals surface area (Å²) < 4.78 is 37.9. The molecule has 25 heavy (non-hydrogen) atoms. The Balaban J connectivity index is 1.81. The van der Waals surface area contributed by atoms with Gasteiger partial charge in [-0.05, 0) is 24.5 Å². The van der Waals surface area contributed by atoms with Gasteiger partial charge in [0.1, 0.15) is 11.5 Å². The summed E-state index contributed by atoms with van der Waals surface area (Å²) in [6.45, 7) is -0.451. The van der Waals surface area contributed by atoms with Gasteiger partial charge in [0.15, 0.2) is 16.4 Å². The molecule has 1 N–H and O–H groups in total. The van der Waals surface area contributed by atoms with Crippen molar-refractivity contribution in [1.82, 2.24) is 0 Å². The molecule has 0 saturated carbocycles. The summed E-state index contributed by atoms with van der Waals surface area (Å²) in [6.07, 6.45) is 0.449. The number of ether oxygens (including phenoxy) is 3. The summed E-state index contributed by atoms with van der Waals surface area (Å²) in [5.74, 6) is -0.250. The molecule has 1 aromatic rings. The highest BCUT2D eigenvalue weighted by molar-refractivity contribution is 7.91. The monoisotopic (exact) mass is 371 g/mol. The molecule has 0 bridgehead atoms. The van der Waals surface area contributed by atoms with E-state index >= 15 is 0 Å². The van der Waals surface area contributed by atoms with Gasteiger partial charge in [-0.1, -0.05) is 0 Å². The topological polar surface area (TPSA) is 108 Å². The van der Waals surface area contributed by atoms with Gasteiger partial charge in [0.05, 0.1) is 31.4 Å². The van der Waals surface area contributed by atoms with Crippen LogP contribution in [-0.4, -0.2) is 52.6 Å². The third kappa shape index (κ3) is 5.63. The van der Waals surface area contributed by atoms with E-state index in [0.717, 1.165) is 0 Å². The van der Waals surface area contributed by atoms with Crippen LogP contribution in [0.2, 0.25) is 0 Å². The highest BCUT2D eigenvalue weighted by atomic mass is 32.2. The van der Waals surface area contributed by atoms with E-state index in [1.165, 1.54) is 14.2 Å². The maximum Gasteiger partial charge on any atom is 0.306 e. The van der Waals surface area contributed by atoms with E-state index in [2.05, 4.69) is 5.32 Å². The molecule has 1 atom stereocenters. The number of benzene rings is 1. The third-order valence-corrected chi connectivity index (χ3v) is 5.67. The fourth-order valence-corrected chi connectivity index (χ4v) is 4.42. The van der Waals surface area contributed by atoms with Crippen LogP contribution in [0.15, 0.2) is 18.2 Å². The van der Waals surface area contributed by atoms with Crippen molar-refractivity contribution in [2.24, 2.45) is 5.92 Å². The number of esters is 1. The van der Waals surface area contributed by atoms with Crippen LogP contribution in [0.1, 0.15) is 12.8 Å². The lowest BCUT2D eigenvalue weighted by atomic mass is 10.1. The van der Waals surface area contributed by atoms with E-state index in [-0.39, 0.29) is 23.8 Å². The maximum absolute atomic E-state index is 11.9. The minimum absolute atomic E-state index is 0.00162. The summed E-state index contributed by atoms with van der Waals surface area (Å²) in [5.41, 5.74) is 0.422. The molecule has 1 aliphatic rings. The number of rotatable bonds is 7. The lowest BCUT2D eigenvalue weighted by Crippen LogP contribution is -2.22. The van der Waals surface area contributed by atoms with Crippen LogP contribution < -0.4 is 14.8 Å². The van der Waals surface area contributed by atoms with Crippen molar-refractivity contribution in [3.05, 3.63) is 18.2 Å². The molecule has 8 nitrogen and oxygen atoms in total. The molecular formula is C16H21NO7S. The van der Waals surface area contributed by atoms with E-state index in [9.17, 15) is 18.0 Å². The Morgan fingerprint density at radius 2 is 2.00 bits per heavy atom. The Hall–Kier alpha value is -2.29. The number of anilines is 1. The van der Waals surface area contributed by atoms with Gasteiger partial charge in [-0.25, -0.2) is 8.42 Å². The van der Waals surface area contributed by atoms with Gasteiger partial charge in [0.25, 0.3) is 5.91 Å². The van der Waals surface area contributed by atoms with Gasteiger partial charge in [-0.15, -0.1) is 0 Å². The second kappa shape index (κ2) is 8.19. The predicted octanol–water partition coefficient (Wildman–Crippen LogP) is 1.01. The fourth-order valence-electron chi connectivity index (χ4n) is 2.56. The van der Waals surface area contributed by atoms with Crippen LogP contribution in [0.5, 0.6) is 11.5 Å². The Morgan fingerprint density at radius 1 is 1.24 bits per heavy atom. The molecule has 0 radical (unpaired) electrons. The van der Waals surface area contributed by atoms with E-state index < -0.39 is 28.3 Å². The molecular weight excluding hydrogens is 350 g/mol. The van der Waals surface area contributed by atoms with E-state index in [1.807, 2.05) is 0 Å². The van der Waals surface area contributed by atoms with Crippen LogP contribution in [-0.2, 0) is 24.2 Å². The standard InChI is InChI=1S/C16H21NO7S/c1-22-12-3-4-13(14(8-12)23-2)17-15(18)9-24-16(19)7-11-5-6-25(20,21)10-11/h3-4,8,11H,5-7,9-10H2,1-2H3,(H,17,18)/t11-/m1/s1. The first-order chi connectivity index (χ1) is 11.8. The molecule has 1 heterocycles. The summed E-state index contributed by atoms with van der Waals surface area (Å²) in [5, 5.41) is 2.58. The molecule has 0 spiro atoms. The zero-order valence-electron chi connectivity index (χ0n) is 14.1. The zero-order valence-corrected chi connectivity index (χ0v) is 14.9. The minimum atomic E-state index is -3.04. The Morgan fingerprint density at radius 3 is 2.60 bits per heavy atom. The number of carbonyl (C=O) groups is 2. The van der Waals surface area contributed by atoms with Crippen molar-refractivity contribution in [2.45, 2.75) is 12.8 Å². The Kier molecular flexibility index (Phi) is 6.24. The zero-order chi connectivity index (χ0) is 18.4. The SMILES string of the molecule is COc1ccc(NC(=O)COC(=O)C[C@H]2CCS(=O)(=O)C2)c(OC)c1. The second-order valence-electron chi connectivity index (χ2n) is 5.75. The van der Waals surface area contributed by atoms with Gasteiger partial charge >= 0.3 is 5.97 Å². The first-order valence-corrected chi connectivity index (χ1v) is 9.53. The molecule has 1 amide bonds. The molecule has 1 fully saturated rings. The van der Waals surface area contributed by atoms with Gasteiger partial charge in [0.2, 0.25) is 0 Å². The average Bonchev–Trinajstić information content (AvgIpc) is 2.91. The fraction of sp³-hybridized carbons (Fsp3) is 0.500. The highest BCUT2D eigenvalue weighted by Crippen LogP contribution is 2.29. The van der Waals surface area contributed by atoms with Crippen LogP contribution in [0.3, 0.4) is 0 Å². The molecule has 0 aliphatic carbocycles. The normalized spacial score (nSPS) is 18.4. The largest absolute Gasteiger partial charge is 0.497 e. The number of nitrogens with one attached hydrogen (secondary N) is 1. The lowest BCUT2D eigenvalue weighted by Gasteiger charge is -2.12. The first-order valence-electron chi connectivity index (χ1n) is 7.71. The van der Waals surface area contributed by atoms with Crippen molar-refractivity contribution in [3.8, 4) is 11.5 Å². The smallest absolute Gasteiger partial charge is 0.306 e. The summed E-state index contributed by atoms with van der Waals surface area (Å²) in [4.78, 5) is 23.6. The number of hydrogen-bond donors (Lipinski definition) is 1. The lowest BCUT2D eigenvalue weighted by molar-refractivity contribution is -0.148. The summed E-state index contributed by atoms with van der Waals surface area (Å²) in [6, 6.07) is 4.88. The van der Waals surface area contributed by atoms with E-state index in [1.54, 1.807) is 18.2 Å². The number of hydrogen-bond acceptors (Lipinski definition) is 7. The Labute approximate surface area is 146 Å². The number of sulfone groups is 1. The second-order valence-corrected chi connectivity index (χ2v) is 7.98. The molecule has 0 unspecified atom stereocenters. The first kappa shape index (κ1) is 19.0. The third-order valence-electron chi connectivity index (χ3n) is 3.83. The van der Waals surface area contributed by atoms with Crippen LogP contribution >= 0.6 is 0 Å². The molecule has 1 saturated heterocycles. The van der Waals surface area contributed by atoms with Gasteiger partial charge < -0.3 is 19.5 Å². The van der Waals surface area contributed by atoms with E-state index in [4.69, 9.17) is 14.2 Å². The molecule has 2 rings (SSSR count). The van der Waals surface area contributed by atoms with Crippen molar-refractivity contribution >= 4 is 27.4 Å². The van der Waals surface area contributed by atoms with Gasteiger partial charge in [0, 0.05) is 12.5 Å². The van der Waals surface area contributed by atoms with Gasteiger partial charge in [-0.2, -0.15) is 0 Å². The highest BCUT2D eigenvalue weighted by Gasteiger charge is 2.30. The molecule has 1 aromatic carbocycles. The summed E-state index contributed by atoms with van der Waals surface area (Å²) >= 11 is 0. The van der Waals surface area contributed by atoms with Crippen molar-refractivity contribution in [2.75, 3.05) is 37.6 Å². The van der Waals surface area contributed by atoms with Crippen molar-refractivity contribution in [3.63, 3.8) is 0 Å². The van der Waals surface area contributed by atoms with Crippen LogP contribution in [0.4, 0.5) is 5.69 Å². The minimum Gasteiger partial charge on any atom is -0.497 e.